The molecule has 0 aromatic heterocycles. The van der Waals surface area contributed by atoms with Gasteiger partial charge in [-0.2, -0.15) is 0 Å². The van der Waals surface area contributed by atoms with Gasteiger partial charge in [0.05, 0.1) is 16.9 Å². The van der Waals surface area contributed by atoms with Crippen molar-refractivity contribution in [3.8, 4) is 0 Å². The van der Waals surface area contributed by atoms with Crippen molar-refractivity contribution in [3.63, 3.8) is 0 Å². The normalized spacial score (nSPS) is 23.6. The zero-order chi connectivity index (χ0) is 29.4. The fraction of sp³-hybridized carbons (Fsp3) is 0.455. The third-order valence-electron chi connectivity index (χ3n) is 8.87. The van der Waals surface area contributed by atoms with Gasteiger partial charge in [-0.1, -0.05) is 30.7 Å². The van der Waals surface area contributed by atoms with Crippen molar-refractivity contribution >= 4 is 51.6 Å². The summed E-state index contributed by atoms with van der Waals surface area (Å²) < 4.78 is 0. The van der Waals surface area contributed by atoms with E-state index in [2.05, 4.69) is 23.2 Å². The highest BCUT2D eigenvalue weighted by Crippen LogP contribution is 2.50. The Bertz CT molecular complexity index is 1440. The van der Waals surface area contributed by atoms with Gasteiger partial charge in [0.2, 0.25) is 11.8 Å². The number of benzene rings is 2. The number of para-hydroxylation sites is 1. The summed E-state index contributed by atoms with van der Waals surface area (Å²) in [6.07, 6.45) is 4.64. The summed E-state index contributed by atoms with van der Waals surface area (Å²) >= 11 is 1.62. The topological polar surface area (TPSA) is 85.3 Å². The molecule has 0 radical (unpaired) electrons. The molecule has 3 amide bonds. The van der Waals surface area contributed by atoms with Crippen molar-refractivity contribution in [3.05, 3.63) is 65.2 Å². The predicted molar refractivity (Wildman–Crippen MR) is 170 cm³/mol. The van der Waals surface area contributed by atoms with E-state index in [4.69, 9.17) is 4.99 Å². The van der Waals surface area contributed by atoms with Crippen molar-refractivity contribution in [1.29, 1.82) is 0 Å². The SMILES string of the molecule is CC1CCN=C(N2CCCC2)C1C(=O)Nc1ccc(C(=O)N2CCC3=C(SC(C(=O)N(C)C)C3)c3ccccc32)cc1. The third-order valence-corrected chi connectivity index (χ3v) is 10.3. The number of carbonyl (C=O) groups is 3. The van der Waals surface area contributed by atoms with E-state index in [1.807, 2.05) is 35.2 Å². The lowest BCUT2D eigenvalue weighted by Crippen LogP contribution is -2.45. The lowest BCUT2D eigenvalue weighted by molar-refractivity contribution is -0.128. The third kappa shape index (κ3) is 5.46. The van der Waals surface area contributed by atoms with Crippen LogP contribution in [0.15, 0.2) is 59.1 Å². The van der Waals surface area contributed by atoms with E-state index in [1.54, 1.807) is 42.9 Å². The van der Waals surface area contributed by atoms with Gasteiger partial charge in [0.15, 0.2) is 0 Å². The Kier molecular flexibility index (Phi) is 8.12. The predicted octanol–water partition coefficient (Wildman–Crippen LogP) is 5.13. The standard InChI is InChI=1S/C33H39N5O3S/c1-21-14-16-34-30(37-17-6-7-18-37)28(21)31(39)35-24-12-10-22(11-13-24)32(40)38-19-15-23-20-27(33(41)36(2)3)42-29(23)25-8-4-5-9-26(25)38/h4-5,8-13,21,27-28H,6-7,14-20H2,1-3H3,(H,35,39). The van der Waals surface area contributed by atoms with E-state index in [0.29, 0.717) is 24.2 Å². The van der Waals surface area contributed by atoms with Crippen molar-refractivity contribution in [2.24, 2.45) is 16.8 Å². The van der Waals surface area contributed by atoms with Crippen LogP contribution >= 0.6 is 11.8 Å². The number of hydrogen-bond donors (Lipinski definition) is 1. The van der Waals surface area contributed by atoms with Gasteiger partial charge in [0, 0.05) is 62.0 Å². The van der Waals surface area contributed by atoms with Gasteiger partial charge >= 0.3 is 0 Å². The minimum atomic E-state index is -0.258. The number of thioether (sulfide) groups is 1. The number of carbonyl (C=O) groups excluding carboxylic acids is 3. The average Bonchev–Trinajstić information content (AvgIpc) is 3.65. The van der Waals surface area contributed by atoms with Crippen LogP contribution in [0, 0.1) is 11.8 Å². The molecular formula is C33H39N5O3S. The first-order valence-electron chi connectivity index (χ1n) is 15.0. The first kappa shape index (κ1) is 28.5. The summed E-state index contributed by atoms with van der Waals surface area (Å²) in [6.45, 7) is 5.41. The van der Waals surface area contributed by atoms with Crippen LogP contribution < -0.4 is 10.2 Å². The molecule has 0 bridgehead atoms. The summed E-state index contributed by atoms with van der Waals surface area (Å²) in [6, 6.07) is 15.2. The Morgan fingerprint density at radius 1 is 1.00 bits per heavy atom. The van der Waals surface area contributed by atoms with Crippen molar-refractivity contribution < 1.29 is 14.4 Å². The second kappa shape index (κ2) is 12.0. The molecule has 2 aromatic rings. The van der Waals surface area contributed by atoms with Crippen LogP contribution in [0.3, 0.4) is 0 Å². The number of nitrogens with one attached hydrogen (secondary N) is 1. The zero-order valence-electron chi connectivity index (χ0n) is 24.6. The molecule has 3 atom stereocenters. The van der Waals surface area contributed by atoms with Crippen LogP contribution in [0.25, 0.3) is 4.91 Å². The number of likely N-dealkylation sites (tertiary alicyclic amines) is 1. The lowest BCUT2D eigenvalue weighted by Gasteiger charge is -2.33. The summed E-state index contributed by atoms with van der Waals surface area (Å²) in [5, 5.41) is 2.99. The Morgan fingerprint density at radius 3 is 2.48 bits per heavy atom. The minimum absolute atomic E-state index is 0.0301. The number of anilines is 2. The number of nitrogens with zero attached hydrogens (tertiary/aromatic N) is 4. The second-order valence-electron chi connectivity index (χ2n) is 11.9. The number of hydrogen-bond acceptors (Lipinski definition) is 6. The van der Waals surface area contributed by atoms with Gasteiger partial charge < -0.3 is 20.0 Å². The van der Waals surface area contributed by atoms with Gasteiger partial charge in [0.25, 0.3) is 5.91 Å². The fourth-order valence-electron chi connectivity index (χ4n) is 6.55. The molecule has 0 spiro atoms. The molecule has 3 unspecified atom stereocenters. The quantitative estimate of drug-likeness (QED) is 0.538. The minimum Gasteiger partial charge on any atom is -0.360 e. The maximum absolute atomic E-state index is 13.8. The van der Waals surface area contributed by atoms with Crippen molar-refractivity contribution in [2.75, 3.05) is 50.5 Å². The zero-order valence-corrected chi connectivity index (χ0v) is 25.5. The monoisotopic (exact) mass is 585 g/mol. The molecule has 1 N–H and O–H groups in total. The van der Waals surface area contributed by atoms with Crippen LogP contribution in [-0.4, -0.2) is 78.9 Å². The Morgan fingerprint density at radius 2 is 1.74 bits per heavy atom. The summed E-state index contributed by atoms with van der Waals surface area (Å²) in [5.74, 6) is 0.933. The van der Waals surface area contributed by atoms with E-state index in [-0.39, 0.29) is 34.8 Å². The number of amides is 3. The van der Waals surface area contributed by atoms with Gasteiger partial charge in [-0.05, 0) is 68.4 Å². The molecule has 4 aliphatic heterocycles. The van der Waals surface area contributed by atoms with E-state index in [9.17, 15) is 14.4 Å². The summed E-state index contributed by atoms with van der Waals surface area (Å²) in [5.41, 5.74) is 4.38. The largest absolute Gasteiger partial charge is 0.360 e. The molecule has 0 aliphatic carbocycles. The Hall–Kier alpha value is -3.59. The molecule has 2 aromatic carbocycles. The van der Waals surface area contributed by atoms with Crippen LogP contribution in [0.1, 0.15) is 54.9 Å². The molecule has 6 rings (SSSR count). The van der Waals surface area contributed by atoms with E-state index in [0.717, 1.165) is 67.3 Å². The lowest BCUT2D eigenvalue weighted by atomic mass is 9.86. The maximum atomic E-state index is 13.8. The Balaban J connectivity index is 1.17. The highest BCUT2D eigenvalue weighted by atomic mass is 32.2. The van der Waals surface area contributed by atoms with Crippen molar-refractivity contribution in [2.45, 2.75) is 44.3 Å². The highest BCUT2D eigenvalue weighted by molar-refractivity contribution is 8.09. The maximum Gasteiger partial charge on any atom is 0.258 e. The Labute approximate surface area is 252 Å². The van der Waals surface area contributed by atoms with Gasteiger partial charge in [-0.3, -0.25) is 19.4 Å². The molecule has 9 heteroatoms. The molecule has 1 saturated heterocycles. The molecule has 42 heavy (non-hydrogen) atoms. The van der Waals surface area contributed by atoms with E-state index < -0.39 is 0 Å². The summed E-state index contributed by atoms with van der Waals surface area (Å²) in [7, 11) is 3.60. The second-order valence-corrected chi connectivity index (χ2v) is 13.2. The molecule has 4 heterocycles. The molecule has 1 fully saturated rings. The molecular weight excluding hydrogens is 546 g/mol. The average molecular weight is 586 g/mol. The van der Waals surface area contributed by atoms with Gasteiger partial charge in [-0.15, -0.1) is 11.8 Å². The highest BCUT2D eigenvalue weighted by Gasteiger charge is 2.37. The number of amidine groups is 1. The summed E-state index contributed by atoms with van der Waals surface area (Å²) in [4.78, 5) is 51.7. The molecule has 220 valence electrons. The van der Waals surface area contributed by atoms with Crippen LogP contribution in [-0.2, 0) is 9.59 Å². The number of aliphatic imine (C=N–C) groups is 1. The first-order chi connectivity index (χ1) is 20.3. The van der Waals surface area contributed by atoms with E-state index >= 15 is 0 Å². The van der Waals surface area contributed by atoms with Gasteiger partial charge in [0.1, 0.15) is 5.84 Å². The number of rotatable bonds is 4. The van der Waals surface area contributed by atoms with Crippen LogP contribution in [0.2, 0.25) is 0 Å². The van der Waals surface area contributed by atoms with E-state index in [1.165, 1.54) is 5.57 Å². The fourth-order valence-corrected chi connectivity index (χ4v) is 8.08. The molecule has 0 saturated carbocycles. The van der Waals surface area contributed by atoms with Crippen LogP contribution in [0.4, 0.5) is 11.4 Å². The molecule has 4 aliphatic rings. The molecule has 8 nitrogen and oxygen atoms in total. The first-order valence-corrected chi connectivity index (χ1v) is 15.9. The number of fused-ring (bicyclic) bond motifs is 2. The van der Waals surface area contributed by atoms with Crippen molar-refractivity contribution in [1.82, 2.24) is 9.80 Å². The smallest absolute Gasteiger partial charge is 0.258 e. The van der Waals surface area contributed by atoms with Crippen LogP contribution in [0.5, 0.6) is 0 Å². The van der Waals surface area contributed by atoms with Gasteiger partial charge in [-0.25, -0.2) is 0 Å².